The van der Waals surface area contributed by atoms with Gasteiger partial charge in [0.15, 0.2) is 0 Å². The normalized spacial score (nSPS) is 11.7. The molecule has 0 fully saturated rings. The van der Waals surface area contributed by atoms with Crippen LogP contribution in [0.15, 0.2) is 47.6 Å². The molecule has 0 aromatic heterocycles. The van der Waals surface area contributed by atoms with Crippen LogP contribution in [0, 0.1) is 18.3 Å². The van der Waals surface area contributed by atoms with E-state index in [0.29, 0.717) is 16.3 Å². The number of nitrogens with zero attached hydrogens (tertiary/aromatic N) is 1. The first-order chi connectivity index (χ1) is 14.3. The molecule has 0 heterocycles. The van der Waals surface area contributed by atoms with Crippen LogP contribution in [0.2, 0.25) is 10.0 Å². The fraction of sp³-hybridized carbons (Fsp3) is 0.227. The molecule has 156 valence electrons. The molecule has 0 saturated carbocycles. The minimum absolute atomic E-state index is 0.167. The number of hydrogen-bond acceptors (Lipinski definition) is 4. The van der Waals surface area contributed by atoms with Gasteiger partial charge in [0.2, 0.25) is 0 Å². The summed E-state index contributed by atoms with van der Waals surface area (Å²) in [5.41, 5.74) is 3.51. The van der Waals surface area contributed by atoms with Gasteiger partial charge in [0.05, 0.1) is 16.3 Å². The number of hydrazone groups is 1. The van der Waals surface area contributed by atoms with Gasteiger partial charge < -0.3 is 10.1 Å². The molecule has 0 aliphatic rings. The van der Waals surface area contributed by atoms with Crippen LogP contribution in [0.4, 0.5) is 0 Å². The third-order valence-corrected chi connectivity index (χ3v) is 4.75. The Labute approximate surface area is 185 Å². The minimum Gasteiger partial charge on any atom is -0.481 e. The molecule has 2 rings (SSSR count). The summed E-state index contributed by atoms with van der Waals surface area (Å²) < 4.78 is 5.29. The predicted molar refractivity (Wildman–Crippen MR) is 119 cm³/mol. The lowest BCUT2D eigenvalue weighted by Gasteiger charge is -2.20. The van der Waals surface area contributed by atoms with Crippen LogP contribution >= 0.6 is 23.2 Å². The maximum Gasteiger partial charge on any atom is 0.262 e. The van der Waals surface area contributed by atoms with E-state index >= 15 is 0 Å². The van der Waals surface area contributed by atoms with Crippen LogP contribution in [-0.2, 0) is 4.79 Å². The molecule has 0 aliphatic heterocycles. The topological polar surface area (TPSA) is 79.8 Å². The Morgan fingerprint density at radius 3 is 2.47 bits per heavy atom. The molecular formula is C22H21Cl2N3O3. The lowest BCUT2D eigenvalue weighted by molar-refractivity contribution is -0.123. The average molecular weight is 446 g/mol. The van der Waals surface area contributed by atoms with Crippen molar-refractivity contribution in [1.29, 1.82) is 0 Å². The van der Waals surface area contributed by atoms with Crippen LogP contribution in [0.3, 0.4) is 0 Å². The second-order valence-corrected chi connectivity index (χ2v) is 7.43. The number of ether oxygens (including phenoxy) is 1. The van der Waals surface area contributed by atoms with Crippen LogP contribution < -0.4 is 15.5 Å². The van der Waals surface area contributed by atoms with Gasteiger partial charge in [-0.25, -0.2) is 5.43 Å². The van der Waals surface area contributed by atoms with Crippen molar-refractivity contribution >= 4 is 41.2 Å². The maximum absolute atomic E-state index is 12.5. The number of carbonyl (C=O) groups is 2. The number of amides is 2. The van der Waals surface area contributed by atoms with Crippen molar-refractivity contribution in [1.82, 2.24) is 10.7 Å². The number of benzene rings is 2. The van der Waals surface area contributed by atoms with Crippen molar-refractivity contribution in [3.8, 4) is 18.1 Å². The van der Waals surface area contributed by atoms with Gasteiger partial charge in [-0.05, 0) is 53.9 Å². The number of carbonyl (C=O) groups excluding carboxylic acids is 2. The SMILES string of the molecule is C#CCOc1ccc(C=NNC(=O)C(NC(=O)c2ccc(Cl)c(Cl)c2)C(C)C)cc1. The zero-order valence-corrected chi connectivity index (χ0v) is 18.0. The quantitative estimate of drug-likeness (QED) is 0.367. The van der Waals surface area contributed by atoms with E-state index < -0.39 is 17.9 Å². The van der Waals surface area contributed by atoms with E-state index in [-0.39, 0.29) is 17.5 Å². The van der Waals surface area contributed by atoms with Gasteiger partial charge in [-0.3, -0.25) is 9.59 Å². The summed E-state index contributed by atoms with van der Waals surface area (Å²) in [6.45, 7) is 3.82. The number of rotatable bonds is 8. The van der Waals surface area contributed by atoms with Crippen molar-refractivity contribution < 1.29 is 14.3 Å². The second kappa shape index (κ2) is 11.2. The Balaban J connectivity index is 1.98. The molecule has 30 heavy (non-hydrogen) atoms. The van der Waals surface area contributed by atoms with E-state index in [9.17, 15) is 9.59 Å². The van der Waals surface area contributed by atoms with E-state index in [1.54, 1.807) is 24.3 Å². The summed E-state index contributed by atoms with van der Waals surface area (Å²) in [7, 11) is 0. The number of halogens is 2. The third-order valence-electron chi connectivity index (χ3n) is 4.01. The molecule has 2 amide bonds. The molecule has 2 aromatic carbocycles. The van der Waals surface area contributed by atoms with Crippen LogP contribution in [-0.4, -0.2) is 30.7 Å². The monoisotopic (exact) mass is 445 g/mol. The van der Waals surface area contributed by atoms with E-state index in [1.165, 1.54) is 24.4 Å². The van der Waals surface area contributed by atoms with Crippen LogP contribution in [0.1, 0.15) is 29.8 Å². The summed E-state index contributed by atoms with van der Waals surface area (Å²) in [6, 6.07) is 10.8. The van der Waals surface area contributed by atoms with E-state index in [4.69, 9.17) is 34.4 Å². The first-order valence-corrected chi connectivity index (χ1v) is 9.82. The molecule has 6 nitrogen and oxygen atoms in total. The molecule has 0 bridgehead atoms. The van der Waals surface area contributed by atoms with Gasteiger partial charge in [0.25, 0.3) is 11.8 Å². The predicted octanol–water partition coefficient (Wildman–Crippen LogP) is 3.91. The zero-order valence-electron chi connectivity index (χ0n) is 16.5. The number of terminal acetylenes is 1. The molecule has 0 aliphatic carbocycles. The molecule has 0 radical (unpaired) electrons. The summed E-state index contributed by atoms with van der Waals surface area (Å²) in [5, 5.41) is 7.25. The highest BCUT2D eigenvalue weighted by Gasteiger charge is 2.24. The smallest absolute Gasteiger partial charge is 0.262 e. The van der Waals surface area contributed by atoms with Gasteiger partial charge in [0, 0.05) is 5.56 Å². The van der Waals surface area contributed by atoms with Gasteiger partial charge in [0.1, 0.15) is 18.4 Å². The van der Waals surface area contributed by atoms with Gasteiger partial charge in [-0.2, -0.15) is 5.10 Å². The third kappa shape index (κ3) is 6.80. The van der Waals surface area contributed by atoms with Crippen molar-refractivity contribution in [3.63, 3.8) is 0 Å². The van der Waals surface area contributed by atoms with Crippen LogP contribution in [0.25, 0.3) is 0 Å². The Kier molecular flexibility index (Phi) is 8.72. The summed E-state index contributed by atoms with van der Waals surface area (Å²) in [4.78, 5) is 25.0. The van der Waals surface area contributed by atoms with Crippen molar-refractivity contribution in [2.45, 2.75) is 19.9 Å². The molecule has 0 saturated heterocycles. The first-order valence-electron chi connectivity index (χ1n) is 9.07. The second-order valence-electron chi connectivity index (χ2n) is 6.62. The summed E-state index contributed by atoms with van der Waals surface area (Å²) in [6.07, 6.45) is 6.63. The fourth-order valence-electron chi connectivity index (χ4n) is 2.41. The highest BCUT2D eigenvalue weighted by Crippen LogP contribution is 2.22. The fourth-order valence-corrected chi connectivity index (χ4v) is 2.71. The van der Waals surface area contributed by atoms with Crippen molar-refractivity contribution in [2.75, 3.05) is 6.61 Å². The maximum atomic E-state index is 12.5. The Morgan fingerprint density at radius 2 is 1.87 bits per heavy atom. The lowest BCUT2D eigenvalue weighted by atomic mass is 10.0. The minimum atomic E-state index is -0.788. The Morgan fingerprint density at radius 1 is 1.17 bits per heavy atom. The van der Waals surface area contributed by atoms with E-state index in [2.05, 4.69) is 21.8 Å². The average Bonchev–Trinajstić information content (AvgIpc) is 2.72. The molecule has 8 heteroatoms. The zero-order chi connectivity index (χ0) is 22.1. The van der Waals surface area contributed by atoms with Gasteiger partial charge >= 0.3 is 0 Å². The molecule has 2 N–H and O–H groups in total. The van der Waals surface area contributed by atoms with Crippen molar-refractivity contribution in [2.24, 2.45) is 11.0 Å². The highest BCUT2D eigenvalue weighted by molar-refractivity contribution is 6.42. The van der Waals surface area contributed by atoms with E-state index in [0.717, 1.165) is 5.56 Å². The standard InChI is InChI=1S/C22H21Cl2N3O3/c1-4-11-30-17-8-5-15(6-9-17)13-25-27-22(29)20(14(2)3)26-21(28)16-7-10-18(23)19(24)12-16/h1,5-10,12-14,20H,11H2,2-3H3,(H,26,28)(H,27,29). The van der Waals surface area contributed by atoms with E-state index in [1.807, 2.05) is 13.8 Å². The molecule has 2 aromatic rings. The number of hydrogen-bond donors (Lipinski definition) is 2. The molecular weight excluding hydrogens is 425 g/mol. The largest absolute Gasteiger partial charge is 0.481 e. The summed E-state index contributed by atoms with van der Waals surface area (Å²) >= 11 is 11.8. The highest BCUT2D eigenvalue weighted by atomic mass is 35.5. The molecule has 0 spiro atoms. The molecule has 1 atom stereocenters. The van der Waals surface area contributed by atoms with Gasteiger partial charge in [-0.15, -0.1) is 6.42 Å². The van der Waals surface area contributed by atoms with Crippen molar-refractivity contribution in [3.05, 3.63) is 63.6 Å². The number of nitrogens with one attached hydrogen (secondary N) is 2. The first kappa shape index (κ1) is 23.3. The Bertz CT molecular complexity index is 967. The lowest BCUT2D eigenvalue weighted by Crippen LogP contribution is -2.48. The van der Waals surface area contributed by atoms with Gasteiger partial charge in [-0.1, -0.05) is 43.0 Å². The van der Waals surface area contributed by atoms with Crippen LogP contribution in [0.5, 0.6) is 5.75 Å². The Hall–Kier alpha value is -3.01. The molecule has 1 unspecified atom stereocenters. The summed E-state index contributed by atoms with van der Waals surface area (Å²) in [5.74, 6) is 1.98.